The molecule has 0 bridgehead atoms. The molecule has 0 aromatic rings. The molecular weight excluding hydrogens is 1890 g/mol. The van der Waals surface area contributed by atoms with E-state index in [2.05, 4.69) is 26.6 Å². The maximum Gasteiger partial charge on any atom is 0.408 e. The number of halogens is 1. The van der Waals surface area contributed by atoms with Crippen LogP contribution in [0.4, 0.5) is 24.0 Å². The number of aliphatic hydroxyl groups is 14. The predicted octanol–water partition coefficient (Wildman–Crippen LogP) is -8.93. The van der Waals surface area contributed by atoms with Gasteiger partial charge in [0.25, 0.3) is 0 Å². The van der Waals surface area contributed by atoms with E-state index in [1.165, 1.54) is 0 Å². The summed E-state index contributed by atoms with van der Waals surface area (Å²) < 4.78 is 103. The van der Waals surface area contributed by atoms with Gasteiger partial charge in [0, 0.05) is 63.1 Å². The zero-order valence-electron chi connectivity index (χ0n) is 82.3. The summed E-state index contributed by atoms with van der Waals surface area (Å²) in [7, 11) is 0. The van der Waals surface area contributed by atoms with Crippen molar-refractivity contribution >= 4 is 53.3 Å². The molecule has 39 N–H and O–H groups in total. The Morgan fingerprint density at radius 1 is 0.329 bits per heavy atom. The first-order chi connectivity index (χ1) is 64.8. The Hall–Kier alpha value is -5.66. The molecule has 140 heavy (non-hydrogen) atoms. The molecule has 0 aromatic heterocycles. The van der Waals surface area contributed by atoms with Gasteiger partial charge in [-0.2, -0.15) is 0 Å². The van der Waals surface area contributed by atoms with Crippen molar-refractivity contribution in [1.29, 1.82) is 0 Å². The number of hydrogen-bond acceptors (Lipinski definition) is 49. The average molecular weight is 2050 g/mol. The van der Waals surface area contributed by atoms with Gasteiger partial charge in [-0.1, -0.05) is 13.8 Å². The maximum atomic E-state index is 13.5. The number of nitrogens with two attached hydrogens (primary N) is 10. The highest BCUT2D eigenvalue weighted by molar-refractivity contribution is 6.63. The topological polar surface area (TPSA) is 889 Å². The van der Waals surface area contributed by atoms with Crippen LogP contribution < -0.4 is 83.9 Å². The zero-order valence-corrected chi connectivity index (χ0v) is 83.0. The highest BCUT2D eigenvalue weighted by Gasteiger charge is 2.58. The molecule has 5 amide bonds. The minimum atomic E-state index is -1.96. The molecule has 0 aromatic carbocycles. The SMILES string of the molecule is CC(C)(C)OC(=O)NCC1OC(OC2C(NC(=O)OC(C)(C)C)CC(NC(=O)OC(C)(C)C)C(OC3OC(CO)C(O)C(NC(=O)OC(C)(C)C)C3O)C2O)C(NC(=O)OC(C)(C)C)CC1O.CCC(=O)Cl.CCC(=O)OCC1OC(OC2C(N)CC(N)C(OC3OC(CN)C(O)CC3N)C2O)C(O)C(N)C1O.NCC1OC(OC2C(N)CC(N)C(OC3OC(CO)C(O)C(N)C3O)C2O)C(N)CC1O. The Morgan fingerprint density at radius 2 is 0.629 bits per heavy atom. The summed E-state index contributed by atoms with van der Waals surface area (Å²) in [4.78, 5) is 86.7. The molecule has 9 aliphatic rings. The van der Waals surface area contributed by atoms with Gasteiger partial charge in [-0.3, -0.25) is 9.59 Å². The quantitative estimate of drug-likeness (QED) is 0.0217. The summed E-state index contributed by atoms with van der Waals surface area (Å²) in [6.07, 6.45) is -42.9. The Bertz CT molecular complexity index is 3810. The number of alkyl carbamates (subject to hydrolysis) is 5. The lowest BCUT2D eigenvalue weighted by atomic mass is 9.83. The molecule has 6 heterocycles. The van der Waals surface area contributed by atoms with Crippen LogP contribution in [0, 0.1) is 0 Å². The molecule has 9 rings (SSSR count). The van der Waals surface area contributed by atoms with Crippen molar-refractivity contribution in [3.63, 3.8) is 0 Å². The van der Waals surface area contributed by atoms with Crippen LogP contribution in [0.25, 0.3) is 0 Å². The molecule has 6 saturated heterocycles. The van der Waals surface area contributed by atoms with Crippen molar-refractivity contribution in [2.24, 2.45) is 57.3 Å². The van der Waals surface area contributed by atoms with Gasteiger partial charge in [0.2, 0.25) is 5.24 Å². The van der Waals surface area contributed by atoms with Crippen LogP contribution >= 0.6 is 11.6 Å². The molecule has 3 aliphatic carbocycles. The van der Waals surface area contributed by atoms with E-state index in [0.29, 0.717) is 6.42 Å². The molecule has 54 nitrogen and oxygen atoms in total. The lowest BCUT2D eigenvalue weighted by molar-refractivity contribution is -0.318. The number of amides is 5. The van der Waals surface area contributed by atoms with Crippen molar-refractivity contribution in [1.82, 2.24) is 26.6 Å². The van der Waals surface area contributed by atoms with E-state index in [9.17, 15) is 105 Å². The van der Waals surface area contributed by atoms with E-state index < -0.39 is 334 Å². The molecule has 9 fully saturated rings. The Labute approximate surface area is 817 Å². The van der Waals surface area contributed by atoms with Crippen LogP contribution in [0.1, 0.15) is 169 Å². The standard InChI is InChI=1S/C43H77N5O19.C21H41N5O10.C18H37N5O9.C3H5ClO/c1-39(2,3)63-34(54)44-18-24-23(50)17-22(47-37(57)66-42(10,11)12)32(59-24)61-30-20(45-35(55)64-40(4,5)6)16-21(46-36(56)65-41(7,8)9)31(29(30)53)62-33-28(52)26(27(51)25(19-49)60-33)48-38(58)67-43(13,14)15;1-2-13(28)32-6-12-15(29)14(26)16(30)21(34-12)36-19-8(24)3-7(23)18(17(19)31)35-20-9(25)4-10(27)11(5-22)33-20;19-3-9-8(25)2-7(22)17(29-9)31-15-5(20)1-6(21)16(14(15)28)32-18-13(27)11(23)12(26)10(4-24)30-18;1-2-3(4)5/h20-33,49-53H,16-19H2,1-15H3,(H,44,54)(H,45,55)(H,46,56)(H,47,57)(H,48,58);7-12,14-21,27,29-31H,2-6,22-26H2,1H3;5-18,24-28H,1-4,19-23H2;2H2,1H3. The van der Waals surface area contributed by atoms with E-state index in [0.717, 1.165) is 0 Å². The second-order valence-electron chi connectivity index (χ2n) is 40.9. The van der Waals surface area contributed by atoms with Crippen molar-refractivity contribution in [2.75, 3.05) is 39.5 Å². The zero-order chi connectivity index (χ0) is 106. The van der Waals surface area contributed by atoms with E-state index in [4.69, 9.17) is 154 Å². The minimum absolute atomic E-state index is 0.0430. The third-order valence-electron chi connectivity index (χ3n) is 23.3. The smallest absolute Gasteiger partial charge is 0.408 e. The van der Waals surface area contributed by atoms with E-state index in [1.54, 1.807) is 118 Å². The lowest BCUT2D eigenvalue weighted by Gasteiger charge is -2.49. The first kappa shape index (κ1) is 123. The third kappa shape index (κ3) is 36.7. The average Bonchev–Trinajstić information content (AvgIpc) is 0.762. The molecule has 3 saturated carbocycles. The Kier molecular flexibility index (Phi) is 47.3. The predicted molar refractivity (Wildman–Crippen MR) is 486 cm³/mol. The van der Waals surface area contributed by atoms with Gasteiger partial charge in [0.1, 0.15) is 151 Å². The monoisotopic (exact) mass is 2050 g/mol. The number of ether oxygens (including phenoxy) is 18. The van der Waals surface area contributed by atoms with Crippen molar-refractivity contribution in [2.45, 2.75) is 454 Å². The van der Waals surface area contributed by atoms with Crippen molar-refractivity contribution in [3.8, 4) is 0 Å². The number of aliphatic hydroxyl groups excluding tert-OH is 14. The van der Waals surface area contributed by atoms with Gasteiger partial charge in [0.05, 0.1) is 92.1 Å². The maximum absolute atomic E-state index is 13.5. The number of nitrogens with one attached hydrogen (secondary N) is 5. The van der Waals surface area contributed by atoms with Crippen LogP contribution in [0.2, 0.25) is 0 Å². The van der Waals surface area contributed by atoms with Gasteiger partial charge in [0.15, 0.2) is 37.7 Å². The van der Waals surface area contributed by atoms with Gasteiger partial charge >= 0.3 is 36.4 Å². The molecule has 42 unspecified atom stereocenters. The Balaban J connectivity index is 0.000000343. The van der Waals surface area contributed by atoms with E-state index >= 15 is 0 Å². The van der Waals surface area contributed by atoms with Crippen LogP contribution in [0.15, 0.2) is 0 Å². The summed E-state index contributed by atoms with van der Waals surface area (Å²) in [6, 6.07) is -12.1. The fourth-order valence-electron chi connectivity index (χ4n) is 16.3. The van der Waals surface area contributed by atoms with Crippen LogP contribution in [0.3, 0.4) is 0 Å². The molecular formula is C85H160ClN15O39. The summed E-state index contributed by atoms with van der Waals surface area (Å²) in [6.45, 7) is 25.7. The van der Waals surface area contributed by atoms with Crippen molar-refractivity contribution < 1.29 is 190 Å². The second-order valence-corrected chi connectivity index (χ2v) is 41.3. The minimum Gasteiger partial charge on any atom is -0.463 e. The Morgan fingerprint density at radius 3 is 0.993 bits per heavy atom. The number of esters is 1. The number of carbonyl (C=O) groups excluding carboxylic acids is 7. The number of hydrogen-bond donors (Lipinski definition) is 29. The first-order valence-corrected chi connectivity index (χ1v) is 47.1. The summed E-state index contributed by atoms with van der Waals surface area (Å²) in [5.41, 5.74) is 55.0. The third-order valence-corrected chi connectivity index (χ3v) is 23.5. The van der Waals surface area contributed by atoms with Crippen molar-refractivity contribution in [3.05, 3.63) is 0 Å². The molecule has 6 aliphatic heterocycles. The lowest BCUT2D eigenvalue weighted by Crippen LogP contribution is -2.70. The summed E-state index contributed by atoms with van der Waals surface area (Å²) >= 11 is 4.82. The highest BCUT2D eigenvalue weighted by atomic mass is 35.5. The van der Waals surface area contributed by atoms with Gasteiger partial charge in [-0.15, -0.1) is 0 Å². The van der Waals surface area contributed by atoms with E-state index in [-0.39, 0.29) is 76.4 Å². The molecule has 42 atom stereocenters. The fraction of sp³-hybridized carbons (Fsp3) is 0.918. The highest BCUT2D eigenvalue weighted by Crippen LogP contribution is 2.38. The normalized spacial score (nSPS) is 39.9. The first-order valence-electron chi connectivity index (χ1n) is 46.8. The summed E-state index contributed by atoms with van der Waals surface area (Å²) in [5, 5.41) is 162. The number of carbonyl (C=O) groups is 7. The fourth-order valence-corrected chi connectivity index (χ4v) is 16.3. The molecule has 0 radical (unpaired) electrons. The summed E-state index contributed by atoms with van der Waals surface area (Å²) in [5.74, 6) is -0.505. The van der Waals surface area contributed by atoms with Crippen LogP contribution in [-0.4, -0.2) is 437 Å². The van der Waals surface area contributed by atoms with Gasteiger partial charge in [-0.25, -0.2) is 24.0 Å². The van der Waals surface area contributed by atoms with Gasteiger partial charge < -0.3 is 241 Å². The molecule has 0 spiro atoms. The van der Waals surface area contributed by atoms with Crippen LogP contribution in [0.5, 0.6) is 0 Å². The second kappa shape index (κ2) is 53.8. The van der Waals surface area contributed by atoms with Crippen LogP contribution in [-0.2, 0) is 94.9 Å². The van der Waals surface area contributed by atoms with E-state index in [1.807, 2.05) is 0 Å². The molecule has 816 valence electrons. The molecule has 55 heteroatoms. The van der Waals surface area contributed by atoms with Gasteiger partial charge in [-0.05, 0) is 148 Å². The largest absolute Gasteiger partial charge is 0.463 e. The number of rotatable bonds is 26.